The van der Waals surface area contributed by atoms with Crippen LogP contribution in [0.4, 0.5) is 0 Å². The van der Waals surface area contributed by atoms with E-state index in [1.54, 1.807) is 6.07 Å². The molecule has 2 aromatic rings. The van der Waals surface area contributed by atoms with Gasteiger partial charge in [0, 0.05) is 11.5 Å². The number of nitrogens with zero attached hydrogens (tertiary/aromatic N) is 2. The second kappa shape index (κ2) is 5.37. The molecule has 0 unspecified atom stereocenters. The molecule has 0 saturated heterocycles. The highest BCUT2D eigenvalue weighted by atomic mass is 16.5. The van der Waals surface area contributed by atoms with Crippen molar-refractivity contribution in [2.24, 2.45) is 5.41 Å². The van der Waals surface area contributed by atoms with Gasteiger partial charge in [-0.15, -0.1) is 0 Å². The van der Waals surface area contributed by atoms with E-state index in [1.165, 1.54) is 12.8 Å². The van der Waals surface area contributed by atoms with E-state index in [4.69, 9.17) is 4.74 Å². The van der Waals surface area contributed by atoms with Crippen molar-refractivity contribution in [3.05, 3.63) is 35.9 Å². The van der Waals surface area contributed by atoms with Gasteiger partial charge in [0.05, 0.1) is 11.1 Å². The molecule has 1 aromatic heterocycles. The molecule has 0 amide bonds. The summed E-state index contributed by atoms with van der Waals surface area (Å²) in [6.07, 6.45) is 4.69. The van der Waals surface area contributed by atoms with Crippen LogP contribution < -0.4 is 4.74 Å². The Bertz CT molecular complexity index is 690. The molecular formula is C18H20N2O. The van der Waals surface area contributed by atoms with Gasteiger partial charge in [0.25, 0.3) is 0 Å². The van der Waals surface area contributed by atoms with Gasteiger partial charge in [0.2, 0.25) is 5.88 Å². The van der Waals surface area contributed by atoms with Gasteiger partial charge in [0.1, 0.15) is 12.2 Å². The average Bonchev–Trinajstić information content (AvgIpc) is 2.48. The summed E-state index contributed by atoms with van der Waals surface area (Å²) >= 11 is 0. The predicted octanol–water partition coefficient (Wildman–Crippen LogP) is 4.45. The van der Waals surface area contributed by atoms with Gasteiger partial charge in [-0.05, 0) is 37.2 Å². The lowest BCUT2D eigenvalue weighted by atomic mass is 9.76. The maximum atomic E-state index is 9.30. The Balaban J connectivity index is 1.83. The van der Waals surface area contributed by atoms with E-state index < -0.39 is 0 Å². The summed E-state index contributed by atoms with van der Waals surface area (Å²) in [6, 6.07) is 11.7. The Morgan fingerprint density at radius 3 is 2.67 bits per heavy atom. The minimum atomic E-state index is 0.221. The quantitative estimate of drug-likeness (QED) is 0.816. The molecule has 1 heterocycles. The summed E-state index contributed by atoms with van der Waals surface area (Å²) in [6.45, 7) is 4.62. The standard InChI is InChI=1S/C18H20N2O/c1-18(2)9-7-14(8-10-18)21-17-11-13(12-19)15-5-3-4-6-16(15)20-17/h3-6,11,14H,7-10H2,1-2H3. The maximum absolute atomic E-state index is 9.30. The summed E-state index contributed by atoms with van der Waals surface area (Å²) < 4.78 is 6.04. The number of hydrogen-bond donors (Lipinski definition) is 0. The highest BCUT2D eigenvalue weighted by Crippen LogP contribution is 2.36. The molecule has 1 aliphatic rings. The van der Waals surface area contributed by atoms with Crippen LogP contribution in [0.15, 0.2) is 30.3 Å². The lowest BCUT2D eigenvalue weighted by Crippen LogP contribution is -2.28. The topological polar surface area (TPSA) is 45.9 Å². The number of aromatic nitrogens is 1. The van der Waals surface area contributed by atoms with Crippen molar-refractivity contribution in [3.63, 3.8) is 0 Å². The number of fused-ring (bicyclic) bond motifs is 1. The van der Waals surface area contributed by atoms with Crippen molar-refractivity contribution in [1.29, 1.82) is 5.26 Å². The maximum Gasteiger partial charge on any atom is 0.215 e. The number of benzene rings is 1. The van der Waals surface area contributed by atoms with Crippen LogP contribution in [-0.4, -0.2) is 11.1 Å². The first-order valence-electron chi connectivity index (χ1n) is 7.54. The van der Waals surface area contributed by atoms with Gasteiger partial charge in [0.15, 0.2) is 0 Å². The molecule has 21 heavy (non-hydrogen) atoms. The van der Waals surface area contributed by atoms with E-state index in [-0.39, 0.29) is 6.10 Å². The Kier molecular flexibility index (Phi) is 3.55. The van der Waals surface area contributed by atoms with E-state index in [0.29, 0.717) is 16.9 Å². The molecule has 108 valence electrons. The second-order valence-electron chi connectivity index (χ2n) is 6.62. The molecule has 0 aliphatic heterocycles. The molecule has 3 heteroatoms. The summed E-state index contributed by atoms with van der Waals surface area (Å²) in [5.41, 5.74) is 1.88. The number of rotatable bonds is 2. The molecule has 0 atom stereocenters. The molecule has 1 aromatic carbocycles. The van der Waals surface area contributed by atoms with E-state index in [9.17, 15) is 5.26 Å². The molecule has 0 spiro atoms. The minimum absolute atomic E-state index is 0.221. The van der Waals surface area contributed by atoms with Crippen molar-refractivity contribution in [3.8, 4) is 11.9 Å². The largest absolute Gasteiger partial charge is 0.474 e. The van der Waals surface area contributed by atoms with Gasteiger partial charge in [-0.3, -0.25) is 0 Å². The van der Waals surface area contributed by atoms with Crippen LogP contribution in [-0.2, 0) is 0 Å². The van der Waals surface area contributed by atoms with Crippen molar-refractivity contribution in [2.75, 3.05) is 0 Å². The predicted molar refractivity (Wildman–Crippen MR) is 83.1 cm³/mol. The molecule has 1 fully saturated rings. The molecular weight excluding hydrogens is 260 g/mol. The zero-order valence-electron chi connectivity index (χ0n) is 12.6. The highest BCUT2D eigenvalue weighted by molar-refractivity contribution is 5.85. The molecule has 3 nitrogen and oxygen atoms in total. The molecule has 1 aliphatic carbocycles. The van der Waals surface area contributed by atoms with Crippen LogP contribution in [0.1, 0.15) is 45.1 Å². The molecule has 0 bridgehead atoms. The monoisotopic (exact) mass is 280 g/mol. The third-order valence-corrected chi connectivity index (χ3v) is 4.39. The number of para-hydroxylation sites is 1. The third-order valence-electron chi connectivity index (χ3n) is 4.39. The molecule has 0 N–H and O–H groups in total. The molecule has 1 saturated carbocycles. The van der Waals surface area contributed by atoms with E-state index >= 15 is 0 Å². The fraction of sp³-hybridized carbons (Fsp3) is 0.444. The number of nitriles is 1. The Labute approximate surface area is 125 Å². The number of ether oxygens (including phenoxy) is 1. The van der Waals surface area contributed by atoms with Crippen molar-refractivity contribution in [1.82, 2.24) is 4.98 Å². The van der Waals surface area contributed by atoms with Gasteiger partial charge in [-0.2, -0.15) is 5.26 Å². The molecule has 3 rings (SSSR count). The van der Waals surface area contributed by atoms with Crippen LogP contribution in [0.25, 0.3) is 10.9 Å². The lowest BCUT2D eigenvalue weighted by molar-refractivity contribution is 0.0952. The van der Waals surface area contributed by atoms with Gasteiger partial charge in [-0.25, -0.2) is 4.98 Å². The van der Waals surface area contributed by atoms with Gasteiger partial charge < -0.3 is 4.74 Å². The Morgan fingerprint density at radius 1 is 1.24 bits per heavy atom. The van der Waals surface area contributed by atoms with Crippen LogP contribution in [0.5, 0.6) is 5.88 Å². The van der Waals surface area contributed by atoms with Crippen molar-refractivity contribution < 1.29 is 4.74 Å². The van der Waals surface area contributed by atoms with Crippen molar-refractivity contribution >= 4 is 10.9 Å². The zero-order valence-corrected chi connectivity index (χ0v) is 12.6. The zero-order chi connectivity index (χ0) is 14.9. The van der Waals surface area contributed by atoms with Crippen molar-refractivity contribution in [2.45, 2.75) is 45.6 Å². The SMILES string of the molecule is CC1(C)CCC(Oc2cc(C#N)c3ccccc3n2)CC1. The van der Waals surface area contributed by atoms with Crippen LogP contribution in [0, 0.1) is 16.7 Å². The summed E-state index contributed by atoms with van der Waals surface area (Å²) in [5.74, 6) is 0.579. The highest BCUT2D eigenvalue weighted by Gasteiger charge is 2.28. The summed E-state index contributed by atoms with van der Waals surface area (Å²) in [5, 5.41) is 10.2. The van der Waals surface area contributed by atoms with E-state index in [2.05, 4.69) is 24.9 Å². The number of pyridine rings is 1. The minimum Gasteiger partial charge on any atom is -0.474 e. The Hall–Kier alpha value is -2.08. The van der Waals surface area contributed by atoms with E-state index in [0.717, 1.165) is 23.7 Å². The fourth-order valence-electron chi connectivity index (χ4n) is 2.97. The fourth-order valence-corrected chi connectivity index (χ4v) is 2.97. The first-order valence-corrected chi connectivity index (χ1v) is 7.54. The Morgan fingerprint density at radius 2 is 1.95 bits per heavy atom. The summed E-state index contributed by atoms with van der Waals surface area (Å²) in [4.78, 5) is 4.54. The second-order valence-corrected chi connectivity index (χ2v) is 6.62. The van der Waals surface area contributed by atoms with Gasteiger partial charge >= 0.3 is 0 Å². The first-order chi connectivity index (χ1) is 10.1. The van der Waals surface area contributed by atoms with Crippen LogP contribution >= 0.6 is 0 Å². The van der Waals surface area contributed by atoms with Crippen LogP contribution in [0.2, 0.25) is 0 Å². The van der Waals surface area contributed by atoms with Crippen LogP contribution in [0.3, 0.4) is 0 Å². The summed E-state index contributed by atoms with van der Waals surface area (Å²) in [7, 11) is 0. The molecule has 0 radical (unpaired) electrons. The number of hydrogen-bond acceptors (Lipinski definition) is 3. The normalized spacial score (nSPS) is 18.3. The lowest BCUT2D eigenvalue weighted by Gasteiger charge is -2.34. The smallest absolute Gasteiger partial charge is 0.215 e. The van der Waals surface area contributed by atoms with Gasteiger partial charge in [-0.1, -0.05) is 32.0 Å². The first kappa shape index (κ1) is 13.9. The van der Waals surface area contributed by atoms with E-state index in [1.807, 2.05) is 24.3 Å². The third kappa shape index (κ3) is 3.00. The average molecular weight is 280 g/mol.